The SMILES string of the molecule is [C-]#[N+]c1ccc(-c2c(-c3ccc([N+](=O)[O-])cc3)c3c(c(-c4ccc([N+](=O)[O-])cc4)c(-c4ccc(C#N)cc4)n3-c3ccc(C)cc3)n2-c2ccc(C)cc2)cc1. The van der Waals surface area contributed by atoms with E-state index in [1.54, 1.807) is 48.5 Å². The molecule has 56 heavy (non-hydrogen) atoms. The highest BCUT2D eigenvalue weighted by molar-refractivity contribution is 6.15. The molecule has 10 nitrogen and oxygen atoms in total. The van der Waals surface area contributed by atoms with E-state index in [1.807, 2.05) is 86.6 Å². The minimum atomic E-state index is -0.426. The van der Waals surface area contributed by atoms with Crippen LogP contribution in [0.1, 0.15) is 16.7 Å². The summed E-state index contributed by atoms with van der Waals surface area (Å²) in [6, 6.07) is 46.2. The van der Waals surface area contributed by atoms with E-state index < -0.39 is 9.85 Å². The van der Waals surface area contributed by atoms with Crippen LogP contribution in [-0.2, 0) is 0 Å². The number of nitro benzene ring substituents is 2. The van der Waals surface area contributed by atoms with E-state index in [0.29, 0.717) is 22.4 Å². The average Bonchev–Trinajstić information content (AvgIpc) is 3.74. The Morgan fingerprint density at radius 2 is 0.893 bits per heavy atom. The van der Waals surface area contributed by atoms with Gasteiger partial charge >= 0.3 is 0 Å². The molecular weight excluding hydrogens is 701 g/mol. The maximum absolute atomic E-state index is 11.9. The van der Waals surface area contributed by atoms with Crippen LogP contribution < -0.4 is 0 Å². The predicted molar refractivity (Wildman–Crippen MR) is 218 cm³/mol. The van der Waals surface area contributed by atoms with Crippen molar-refractivity contribution in [2.75, 3.05) is 0 Å². The van der Waals surface area contributed by atoms with Crippen molar-refractivity contribution in [2.45, 2.75) is 13.8 Å². The predicted octanol–water partition coefficient (Wildman–Crippen LogP) is 11.9. The number of rotatable bonds is 8. The monoisotopic (exact) mass is 730 g/mol. The lowest BCUT2D eigenvalue weighted by molar-refractivity contribution is -0.385. The first-order valence-electron chi connectivity index (χ1n) is 17.6. The van der Waals surface area contributed by atoms with Crippen molar-refractivity contribution in [2.24, 2.45) is 0 Å². The van der Waals surface area contributed by atoms with Crippen LogP contribution in [0.4, 0.5) is 17.1 Å². The molecule has 2 heterocycles. The standard InChI is InChI=1S/C46H30N6O4/c1-29-4-20-37(21-5-29)49-43(34-10-8-31(28-47)9-11-34)41(32-14-24-39(25-15-32)51(53)54)45-46(49)42(33-16-26-40(27-17-33)52(55)56)44(35-12-18-36(48-3)19-13-35)50(45)38-22-6-30(2)7-23-38/h4-27H,1-2H3. The number of nitrogens with zero attached hydrogens (tertiary/aromatic N) is 6. The summed E-state index contributed by atoms with van der Waals surface area (Å²) >= 11 is 0. The summed E-state index contributed by atoms with van der Waals surface area (Å²) in [5.41, 5.74) is 12.3. The molecule has 268 valence electrons. The fraction of sp³-hybridized carbons (Fsp3) is 0.0435. The molecule has 2 aromatic heterocycles. The van der Waals surface area contributed by atoms with E-state index in [0.717, 1.165) is 67.2 Å². The zero-order valence-electron chi connectivity index (χ0n) is 30.2. The van der Waals surface area contributed by atoms with Gasteiger partial charge in [0.2, 0.25) is 0 Å². The van der Waals surface area contributed by atoms with Gasteiger partial charge in [-0.25, -0.2) is 4.85 Å². The van der Waals surface area contributed by atoms with Crippen LogP contribution in [0.15, 0.2) is 146 Å². The van der Waals surface area contributed by atoms with Gasteiger partial charge < -0.3 is 9.13 Å². The molecular formula is C46H30N6O4. The Morgan fingerprint density at radius 3 is 1.23 bits per heavy atom. The summed E-state index contributed by atoms with van der Waals surface area (Å²) < 4.78 is 4.35. The molecule has 0 bridgehead atoms. The molecule has 0 aliphatic heterocycles. The first-order valence-corrected chi connectivity index (χ1v) is 17.6. The molecule has 0 saturated carbocycles. The highest BCUT2D eigenvalue weighted by atomic mass is 16.6. The summed E-state index contributed by atoms with van der Waals surface area (Å²) in [6.07, 6.45) is 0. The van der Waals surface area contributed by atoms with Crippen molar-refractivity contribution >= 4 is 28.1 Å². The van der Waals surface area contributed by atoms with Crippen LogP contribution in [0, 0.1) is 52.0 Å². The molecule has 6 aromatic carbocycles. The first kappa shape index (κ1) is 35.0. The van der Waals surface area contributed by atoms with Crippen LogP contribution >= 0.6 is 0 Å². The second-order valence-electron chi connectivity index (χ2n) is 13.4. The molecule has 0 spiro atoms. The molecule has 8 aromatic rings. The quantitative estimate of drug-likeness (QED) is 0.0874. The maximum Gasteiger partial charge on any atom is 0.269 e. The van der Waals surface area contributed by atoms with Crippen LogP contribution in [0.2, 0.25) is 0 Å². The van der Waals surface area contributed by atoms with Gasteiger partial charge in [-0.1, -0.05) is 71.8 Å². The summed E-state index contributed by atoms with van der Waals surface area (Å²) in [6.45, 7) is 11.7. The van der Waals surface area contributed by atoms with Gasteiger partial charge in [-0.3, -0.25) is 20.2 Å². The summed E-state index contributed by atoms with van der Waals surface area (Å²) in [5, 5.41) is 33.5. The summed E-state index contributed by atoms with van der Waals surface area (Å²) in [5.74, 6) is 0. The lowest BCUT2D eigenvalue weighted by Gasteiger charge is -2.18. The van der Waals surface area contributed by atoms with Crippen molar-refractivity contribution in [1.29, 1.82) is 5.26 Å². The Bertz CT molecular complexity index is 2690. The Hall–Kier alpha value is -8.08. The highest BCUT2D eigenvalue weighted by Crippen LogP contribution is 2.52. The number of benzene rings is 6. The van der Waals surface area contributed by atoms with Crippen LogP contribution in [-0.4, -0.2) is 19.0 Å². The molecule has 0 aliphatic rings. The van der Waals surface area contributed by atoms with Gasteiger partial charge in [-0.2, -0.15) is 5.26 Å². The third-order valence-corrected chi connectivity index (χ3v) is 9.94. The zero-order chi connectivity index (χ0) is 39.1. The Balaban J connectivity index is 1.67. The van der Waals surface area contributed by atoms with E-state index >= 15 is 0 Å². The zero-order valence-corrected chi connectivity index (χ0v) is 30.2. The van der Waals surface area contributed by atoms with E-state index in [4.69, 9.17) is 6.57 Å². The largest absolute Gasteiger partial charge is 0.306 e. The van der Waals surface area contributed by atoms with Crippen LogP contribution in [0.3, 0.4) is 0 Å². The number of aromatic nitrogens is 2. The molecule has 0 unspecified atom stereocenters. The van der Waals surface area contributed by atoms with Crippen molar-refractivity contribution in [3.8, 4) is 62.2 Å². The Kier molecular flexibility index (Phi) is 8.77. The van der Waals surface area contributed by atoms with Gasteiger partial charge in [0.05, 0.1) is 50.5 Å². The second kappa shape index (κ2) is 14.0. The molecule has 0 N–H and O–H groups in total. The fourth-order valence-corrected chi connectivity index (χ4v) is 7.24. The smallest absolute Gasteiger partial charge is 0.269 e. The molecule has 8 rings (SSSR count). The minimum absolute atomic E-state index is 0.0512. The third-order valence-electron chi connectivity index (χ3n) is 9.94. The van der Waals surface area contributed by atoms with Crippen molar-refractivity contribution in [1.82, 2.24) is 9.13 Å². The van der Waals surface area contributed by atoms with Gasteiger partial charge in [0.1, 0.15) is 0 Å². The summed E-state index contributed by atoms with van der Waals surface area (Å²) in [7, 11) is 0. The number of nitriles is 1. The number of fused-ring (bicyclic) bond motifs is 1. The molecule has 10 heteroatoms. The molecule has 0 aliphatic carbocycles. The first-order chi connectivity index (χ1) is 27.2. The second-order valence-corrected chi connectivity index (χ2v) is 13.4. The van der Waals surface area contributed by atoms with Gasteiger partial charge in [-0.05, 0) is 96.8 Å². The van der Waals surface area contributed by atoms with Crippen LogP contribution in [0.5, 0.6) is 0 Å². The van der Waals surface area contributed by atoms with Gasteiger partial charge in [0.25, 0.3) is 11.4 Å². The molecule has 0 saturated heterocycles. The van der Waals surface area contributed by atoms with Crippen molar-refractivity contribution in [3.05, 3.63) is 194 Å². The van der Waals surface area contributed by atoms with E-state index in [9.17, 15) is 25.5 Å². The fourth-order valence-electron chi connectivity index (χ4n) is 7.24. The van der Waals surface area contributed by atoms with Gasteiger partial charge in [-0.15, -0.1) is 0 Å². The normalized spacial score (nSPS) is 10.9. The van der Waals surface area contributed by atoms with Crippen molar-refractivity contribution < 1.29 is 9.85 Å². The van der Waals surface area contributed by atoms with E-state index in [1.165, 1.54) is 24.3 Å². The minimum Gasteiger partial charge on any atom is -0.306 e. The lowest BCUT2D eigenvalue weighted by Crippen LogP contribution is -2.01. The third kappa shape index (κ3) is 6.03. The highest BCUT2D eigenvalue weighted by Gasteiger charge is 2.32. The number of hydrogen-bond donors (Lipinski definition) is 0. The maximum atomic E-state index is 11.9. The number of nitro groups is 2. The molecule has 0 amide bonds. The number of aryl methyl sites for hydroxylation is 2. The molecule has 0 fully saturated rings. The summed E-state index contributed by atoms with van der Waals surface area (Å²) in [4.78, 5) is 26.5. The number of hydrogen-bond acceptors (Lipinski definition) is 5. The number of non-ortho nitro benzene ring substituents is 2. The Labute approximate surface area is 321 Å². The molecule has 0 radical (unpaired) electrons. The topological polar surface area (TPSA) is 124 Å². The molecule has 0 atom stereocenters. The Morgan fingerprint density at radius 1 is 0.536 bits per heavy atom. The van der Waals surface area contributed by atoms with Crippen molar-refractivity contribution in [3.63, 3.8) is 0 Å². The van der Waals surface area contributed by atoms with E-state index in [-0.39, 0.29) is 11.4 Å². The van der Waals surface area contributed by atoms with Gasteiger partial charge in [0, 0.05) is 46.8 Å². The van der Waals surface area contributed by atoms with Gasteiger partial charge in [0.15, 0.2) is 5.69 Å². The average molecular weight is 731 g/mol. The van der Waals surface area contributed by atoms with E-state index in [2.05, 4.69) is 20.0 Å². The lowest BCUT2D eigenvalue weighted by atomic mass is 9.99. The van der Waals surface area contributed by atoms with Crippen LogP contribution in [0.25, 0.3) is 72.0 Å².